The highest BCUT2D eigenvalue weighted by Gasteiger charge is 2.29. The molecule has 5 heteroatoms. The van der Waals surface area contributed by atoms with E-state index in [1.807, 2.05) is 24.3 Å². The molecule has 16 heavy (non-hydrogen) atoms. The number of benzene rings is 1. The number of carbonyl (C=O) groups excluding carboxylic acids is 1. The van der Waals surface area contributed by atoms with Crippen LogP contribution in [0.1, 0.15) is 5.56 Å². The molecule has 1 atom stereocenters. The summed E-state index contributed by atoms with van der Waals surface area (Å²) in [4.78, 5) is 13.1. The zero-order valence-electron chi connectivity index (χ0n) is 8.73. The smallest absolute Gasteiger partial charge is 0.410 e. The number of hydrogen-bond acceptors (Lipinski definition) is 3. The predicted octanol–water partition coefficient (Wildman–Crippen LogP) is 1.73. The molecule has 1 aromatic rings. The Balaban J connectivity index is 2.03. The van der Waals surface area contributed by atoms with Crippen LogP contribution in [0.25, 0.3) is 0 Å². The van der Waals surface area contributed by atoms with Crippen molar-refractivity contribution in [3.05, 3.63) is 34.3 Å². The lowest BCUT2D eigenvalue weighted by molar-refractivity contribution is 0.134. The van der Waals surface area contributed by atoms with E-state index in [9.17, 15) is 4.79 Å². The molecule has 86 valence electrons. The van der Waals surface area contributed by atoms with E-state index in [4.69, 9.17) is 10.5 Å². The second-order valence-corrected chi connectivity index (χ2v) is 4.67. The summed E-state index contributed by atoms with van der Waals surface area (Å²) >= 11 is 3.40. The number of nitrogens with zero attached hydrogens (tertiary/aromatic N) is 1. The molecule has 1 heterocycles. The third-order valence-electron chi connectivity index (χ3n) is 2.48. The number of carbonyl (C=O) groups is 1. The number of cyclic esters (lactones) is 1. The number of ether oxygens (including phenoxy) is 1. The van der Waals surface area contributed by atoms with Crippen LogP contribution in [-0.4, -0.2) is 30.2 Å². The van der Waals surface area contributed by atoms with Crippen LogP contribution in [0.2, 0.25) is 0 Å². The van der Waals surface area contributed by atoms with E-state index >= 15 is 0 Å². The number of rotatable bonds is 3. The normalized spacial score (nSPS) is 20.0. The summed E-state index contributed by atoms with van der Waals surface area (Å²) in [6.45, 7) is 1.51. The lowest BCUT2D eigenvalue weighted by atomic mass is 10.2. The van der Waals surface area contributed by atoms with Gasteiger partial charge in [-0.1, -0.05) is 28.1 Å². The zero-order chi connectivity index (χ0) is 11.5. The van der Waals surface area contributed by atoms with Crippen molar-refractivity contribution in [3.63, 3.8) is 0 Å². The van der Waals surface area contributed by atoms with Gasteiger partial charge in [-0.05, 0) is 17.7 Å². The van der Waals surface area contributed by atoms with Crippen LogP contribution >= 0.6 is 15.9 Å². The predicted molar refractivity (Wildman–Crippen MR) is 63.9 cm³/mol. The number of amides is 1. The summed E-state index contributed by atoms with van der Waals surface area (Å²) in [5, 5.41) is 0. The molecule has 1 fully saturated rings. The van der Waals surface area contributed by atoms with Crippen LogP contribution in [0.4, 0.5) is 4.79 Å². The lowest BCUT2D eigenvalue weighted by Crippen LogP contribution is -2.27. The van der Waals surface area contributed by atoms with Gasteiger partial charge >= 0.3 is 6.09 Å². The average molecular weight is 285 g/mol. The van der Waals surface area contributed by atoms with Gasteiger partial charge in [0.05, 0.1) is 6.54 Å². The SMILES string of the molecule is NC[C@H]1CN(Cc2cccc(Br)c2)C(=O)O1. The summed E-state index contributed by atoms with van der Waals surface area (Å²) in [6.07, 6.45) is -0.449. The Morgan fingerprint density at radius 2 is 2.38 bits per heavy atom. The van der Waals surface area contributed by atoms with E-state index in [0.717, 1.165) is 10.0 Å². The third-order valence-corrected chi connectivity index (χ3v) is 2.97. The van der Waals surface area contributed by atoms with Gasteiger partial charge in [-0.15, -0.1) is 0 Å². The van der Waals surface area contributed by atoms with Gasteiger partial charge in [0, 0.05) is 17.6 Å². The molecular formula is C11H13BrN2O2. The fourth-order valence-electron chi connectivity index (χ4n) is 1.68. The summed E-state index contributed by atoms with van der Waals surface area (Å²) in [5.41, 5.74) is 6.54. The highest BCUT2D eigenvalue weighted by Crippen LogP contribution is 2.17. The highest BCUT2D eigenvalue weighted by atomic mass is 79.9. The molecule has 2 rings (SSSR count). The van der Waals surface area contributed by atoms with Gasteiger partial charge in [0.25, 0.3) is 0 Å². The first-order chi connectivity index (χ1) is 7.69. The summed E-state index contributed by atoms with van der Waals surface area (Å²) in [7, 11) is 0. The van der Waals surface area contributed by atoms with Crippen LogP contribution in [0, 0.1) is 0 Å². The minimum absolute atomic E-state index is 0.167. The second kappa shape index (κ2) is 4.84. The van der Waals surface area contributed by atoms with Gasteiger partial charge in [0.1, 0.15) is 6.10 Å². The number of nitrogens with two attached hydrogens (primary N) is 1. The quantitative estimate of drug-likeness (QED) is 0.920. The van der Waals surface area contributed by atoms with Crippen molar-refractivity contribution >= 4 is 22.0 Å². The molecule has 0 spiro atoms. The van der Waals surface area contributed by atoms with Gasteiger partial charge in [0.2, 0.25) is 0 Å². The standard InChI is InChI=1S/C11H13BrN2O2/c12-9-3-1-2-8(4-9)6-14-7-10(5-13)16-11(14)15/h1-4,10H,5-7,13H2/t10-/m0/s1. The van der Waals surface area contributed by atoms with Gasteiger partial charge in [-0.25, -0.2) is 4.79 Å². The maximum Gasteiger partial charge on any atom is 0.410 e. The first-order valence-electron chi connectivity index (χ1n) is 5.09. The molecule has 4 nitrogen and oxygen atoms in total. The Bertz CT molecular complexity index is 397. The Labute approximate surface area is 102 Å². The molecule has 0 saturated carbocycles. The molecule has 1 aliphatic rings. The number of halogens is 1. The van der Waals surface area contributed by atoms with Crippen molar-refractivity contribution in [2.24, 2.45) is 5.73 Å². The summed E-state index contributed by atoms with van der Waals surface area (Å²) in [6, 6.07) is 7.87. The van der Waals surface area contributed by atoms with Crippen molar-refractivity contribution < 1.29 is 9.53 Å². The van der Waals surface area contributed by atoms with Gasteiger partial charge < -0.3 is 15.4 Å². The van der Waals surface area contributed by atoms with Crippen LogP contribution in [0.15, 0.2) is 28.7 Å². The Hall–Kier alpha value is -1.07. The van der Waals surface area contributed by atoms with Crippen molar-refractivity contribution in [1.29, 1.82) is 0 Å². The van der Waals surface area contributed by atoms with Crippen LogP contribution in [-0.2, 0) is 11.3 Å². The van der Waals surface area contributed by atoms with E-state index in [2.05, 4.69) is 15.9 Å². The fraction of sp³-hybridized carbons (Fsp3) is 0.364. The average Bonchev–Trinajstić information content (AvgIpc) is 2.60. The molecule has 1 aliphatic heterocycles. The Morgan fingerprint density at radius 3 is 3.00 bits per heavy atom. The maximum atomic E-state index is 11.5. The highest BCUT2D eigenvalue weighted by molar-refractivity contribution is 9.10. The monoisotopic (exact) mass is 284 g/mol. The van der Waals surface area contributed by atoms with Crippen LogP contribution < -0.4 is 5.73 Å². The molecule has 1 saturated heterocycles. The first kappa shape index (κ1) is 11.4. The van der Waals surface area contributed by atoms with E-state index < -0.39 is 0 Å². The van der Waals surface area contributed by atoms with Crippen LogP contribution in [0.3, 0.4) is 0 Å². The maximum absolute atomic E-state index is 11.5. The molecule has 2 N–H and O–H groups in total. The van der Waals surface area contributed by atoms with E-state index in [1.165, 1.54) is 0 Å². The second-order valence-electron chi connectivity index (χ2n) is 3.75. The summed E-state index contributed by atoms with van der Waals surface area (Å²) in [5.74, 6) is 0. The topological polar surface area (TPSA) is 55.6 Å². The molecule has 0 unspecified atom stereocenters. The molecule has 1 aromatic carbocycles. The van der Waals surface area contributed by atoms with Gasteiger partial charge in [-0.3, -0.25) is 0 Å². The van der Waals surface area contributed by atoms with E-state index in [1.54, 1.807) is 4.90 Å². The largest absolute Gasteiger partial charge is 0.443 e. The minimum atomic E-state index is -0.282. The molecule has 0 radical (unpaired) electrons. The van der Waals surface area contributed by atoms with Gasteiger partial charge in [0.15, 0.2) is 0 Å². The first-order valence-corrected chi connectivity index (χ1v) is 5.88. The van der Waals surface area contributed by atoms with Crippen molar-refractivity contribution in [3.8, 4) is 0 Å². The van der Waals surface area contributed by atoms with Gasteiger partial charge in [-0.2, -0.15) is 0 Å². The molecule has 1 amide bonds. The van der Waals surface area contributed by atoms with Crippen molar-refractivity contribution in [2.75, 3.05) is 13.1 Å². The Kier molecular flexibility index (Phi) is 3.46. The van der Waals surface area contributed by atoms with Crippen LogP contribution in [0.5, 0.6) is 0 Å². The zero-order valence-corrected chi connectivity index (χ0v) is 10.3. The van der Waals surface area contributed by atoms with E-state index in [0.29, 0.717) is 19.6 Å². The van der Waals surface area contributed by atoms with Crippen molar-refractivity contribution in [1.82, 2.24) is 4.90 Å². The number of hydrogen-bond donors (Lipinski definition) is 1. The molecular weight excluding hydrogens is 272 g/mol. The van der Waals surface area contributed by atoms with Crippen molar-refractivity contribution in [2.45, 2.75) is 12.6 Å². The lowest BCUT2D eigenvalue weighted by Gasteiger charge is -2.12. The minimum Gasteiger partial charge on any atom is -0.443 e. The molecule has 0 aliphatic carbocycles. The summed E-state index contributed by atoms with van der Waals surface area (Å²) < 4.78 is 6.08. The van der Waals surface area contributed by atoms with E-state index in [-0.39, 0.29) is 12.2 Å². The fourth-order valence-corrected chi connectivity index (χ4v) is 2.13. The molecule has 0 bridgehead atoms. The third kappa shape index (κ3) is 2.54. The molecule has 0 aromatic heterocycles. The Morgan fingerprint density at radius 1 is 1.56 bits per heavy atom.